The van der Waals surface area contributed by atoms with Gasteiger partial charge in [-0.3, -0.25) is 9.10 Å². The molecule has 0 saturated carbocycles. The maximum absolute atomic E-state index is 12.6. The van der Waals surface area contributed by atoms with E-state index in [4.69, 9.17) is 10.4 Å². The van der Waals surface area contributed by atoms with Gasteiger partial charge in [-0.25, -0.2) is 8.42 Å². The van der Waals surface area contributed by atoms with Crippen LogP contribution in [0.25, 0.3) is 0 Å². The molecule has 22 heavy (non-hydrogen) atoms. The van der Waals surface area contributed by atoms with Crippen LogP contribution in [0.2, 0.25) is 0 Å². The summed E-state index contributed by atoms with van der Waals surface area (Å²) in [5, 5.41) is 19.3. The highest BCUT2D eigenvalue weighted by atomic mass is 32.2. The van der Waals surface area contributed by atoms with Crippen molar-refractivity contribution in [3.8, 4) is 6.07 Å². The van der Waals surface area contributed by atoms with Crippen LogP contribution < -0.4 is 4.31 Å². The third-order valence-electron chi connectivity index (χ3n) is 2.83. The number of thiophene rings is 1. The van der Waals surface area contributed by atoms with E-state index in [9.17, 15) is 13.2 Å². The number of benzene rings is 1. The van der Waals surface area contributed by atoms with Crippen LogP contribution in [0.15, 0.2) is 46.0 Å². The van der Waals surface area contributed by atoms with Gasteiger partial charge in [0.05, 0.1) is 18.2 Å². The molecule has 114 valence electrons. The Labute approximate surface area is 131 Å². The first-order valence-electron chi connectivity index (χ1n) is 6.19. The molecule has 1 aromatic heterocycles. The summed E-state index contributed by atoms with van der Waals surface area (Å²) in [4.78, 5) is 11.0. The van der Waals surface area contributed by atoms with Crippen molar-refractivity contribution in [2.45, 2.75) is 10.6 Å². The van der Waals surface area contributed by atoms with Gasteiger partial charge in [-0.05, 0) is 29.1 Å². The van der Waals surface area contributed by atoms with Gasteiger partial charge < -0.3 is 5.11 Å². The summed E-state index contributed by atoms with van der Waals surface area (Å²) in [7, 11) is -3.92. The van der Waals surface area contributed by atoms with Gasteiger partial charge in [0.1, 0.15) is 10.8 Å². The summed E-state index contributed by atoms with van der Waals surface area (Å²) in [5.41, 5.74) is 0.979. The molecule has 0 aliphatic carbocycles. The van der Waals surface area contributed by atoms with Crippen molar-refractivity contribution >= 4 is 33.0 Å². The Bertz CT molecular complexity index is 790. The maximum Gasteiger partial charge on any atom is 0.324 e. The first kappa shape index (κ1) is 16.0. The van der Waals surface area contributed by atoms with Crippen LogP contribution in [0.5, 0.6) is 0 Å². The average molecular weight is 336 g/mol. The first-order valence-corrected chi connectivity index (χ1v) is 8.51. The number of sulfonamides is 1. The van der Waals surface area contributed by atoms with Gasteiger partial charge in [-0.1, -0.05) is 18.2 Å². The Morgan fingerprint density at radius 1 is 1.27 bits per heavy atom. The van der Waals surface area contributed by atoms with Crippen molar-refractivity contribution in [3.63, 3.8) is 0 Å². The molecular formula is C14H12N2O4S2. The predicted molar refractivity (Wildman–Crippen MR) is 82.2 cm³/mol. The van der Waals surface area contributed by atoms with Crippen LogP contribution in [0.1, 0.15) is 5.56 Å². The van der Waals surface area contributed by atoms with Crippen LogP contribution in [-0.2, 0) is 21.2 Å². The van der Waals surface area contributed by atoms with E-state index in [0.717, 1.165) is 21.2 Å². The first-order chi connectivity index (χ1) is 10.4. The third kappa shape index (κ3) is 3.44. The van der Waals surface area contributed by atoms with Gasteiger partial charge in [0.15, 0.2) is 0 Å². The van der Waals surface area contributed by atoms with Crippen LogP contribution in [0.3, 0.4) is 0 Å². The van der Waals surface area contributed by atoms with Crippen LogP contribution in [0.4, 0.5) is 5.69 Å². The minimum atomic E-state index is -3.92. The second-order valence-corrected chi connectivity index (χ2v) is 7.38. The number of carbonyl (C=O) groups is 1. The summed E-state index contributed by atoms with van der Waals surface area (Å²) < 4.78 is 26.0. The zero-order valence-electron chi connectivity index (χ0n) is 11.3. The quantitative estimate of drug-likeness (QED) is 0.871. The van der Waals surface area contributed by atoms with E-state index in [-0.39, 0.29) is 16.3 Å². The molecule has 0 unspecified atom stereocenters. The molecule has 2 aromatic rings. The lowest BCUT2D eigenvalue weighted by Gasteiger charge is -2.22. The number of hydrogen-bond donors (Lipinski definition) is 1. The fraction of sp³-hybridized carbons (Fsp3) is 0.143. The molecule has 0 bridgehead atoms. The van der Waals surface area contributed by atoms with Crippen molar-refractivity contribution in [2.24, 2.45) is 0 Å². The maximum atomic E-state index is 12.6. The molecule has 1 heterocycles. The molecule has 0 spiro atoms. The van der Waals surface area contributed by atoms with Crippen LogP contribution >= 0.6 is 11.3 Å². The SMILES string of the molecule is N#CCc1ccc(N(CC(=O)O)S(=O)(=O)c2cccs2)cc1. The monoisotopic (exact) mass is 336 g/mol. The zero-order chi connectivity index (χ0) is 16.2. The summed E-state index contributed by atoms with van der Waals surface area (Å²) in [5.74, 6) is -1.25. The lowest BCUT2D eigenvalue weighted by atomic mass is 10.1. The number of hydrogen-bond acceptors (Lipinski definition) is 5. The molecule has 6 nitrogen and oxygen atoms in total. The number of carboxylic acids is 1. The minimum Gasteiger partial charge on any atom is -0.480 e. The lowest BCUT2D eigenvalue weighted by molar-refractivity contribution is -0.135. The smallest absolute Gasteiger partial charge is 0.324 e. The summed E-state index contributed by atoms with van der Waals surface area (Å²) in [6.07, 6.45) is 0.205. The Kier molecular flexibility index (Phi) is 4.80. The average Bonchev–Trinajstić information content (AvgIpc) is 3.01. The number of nitriles is 1. The molecule has 0 saturated heterocycles. The van der Waals surface area contributed by atoms with Gasteiger partial charge >= 0.3 is 5.97 Å². The predicted octanol–water partition coefficient (Wildman–Crippen LogP) is 2.09. The second-order valence-electron chi connectivity index (χ2n) is 4.34. The van der Waals surface area contributed by atoms with E-state index in [1.165, 1.54) is 18.2 Å². The topological polar surface area (TPSA) is 98.5 Å². The standard InChI is InChI=1S/C14H12N2O4S2/c15-8-7-11-3-5-12(6-4-11)16(10-13(17)18)22(19,20)14-2-1-9-21-14/h1-6,9H,7,10H2,(H,17,18). The fourth-order valence-corrected chi connectivity index (χ4v) is 4.35. The van der Waals surface area contributed by atoms with E-state index in [2.05, 4.69) is 0 Å². The largest absolute Gasteiger partial charge is 0.480 e. The number of anilines is 1. The molecule has 0 amide bonds. The molecule has 0 atom stereocenters. The summed E-state index contributed by atoms with van der Waals surface area (Å²) in [6, 6.07) is 11.2. The Hall–Kier alpha value is -2.37. The van der Waals surface area contributed by atoms with Gasteiger partial charge in [0, 0.05) is 0 Å². The number of rotatable bonds is 6. The molecule has 0 radical (unpaired) electrons. The van der Waals surface area contributed by atoms with E-state index in [1.54, 1.807) is 23.6 Å². The normalized spacial score (nSPS) is 10.9. The van der Waals surface area contributed by atoms with Crippen molar-refractivity contribution in [1.29, 1.82) is 5.26 Å². The Balaban J connectivity index is 2.42. The van der Waals surface area contributed by atoms with Crippen molar-refractivity contribution in [3.05, 3.63) is 47.3 Å². The number of nitrogens with zero attached hydrogens (tertiary/aromatic N) is 2. The zero-order valence-corrected chi connectivity index (χ0v) is 13.0. The third-order valence-corrected chi connectivity index (χ3v) is 5.97. The van der Waals surface area contributed by atoms with E-state index in [1.807, 2.05) is 6.07 Å². The highest BCUT2D eigenvalue weighted by molar-refractivity contribution is 7.94. The molecule has 8 heteroatoms. The van der Waals surface area contributed by atoms with E-state index in [0.29, 0.717) is 0 Å². The van der Waals surface area contributed by atoms with Crippen LogP contribution in [0, 0.1) is 11.3 Å². The lowest BCUT2D eigenvalue weighted by Crippen LogP contribution is -2.35. The van der Waals surface area contributed by atoms with Gasteiger partial charge in [0.25, 0.3) is 10.0 Å². The number of carboxylic acid groups (broad SMARTS) is 1. The highest BCUT2D eigenvalue weighted by Gasteiger charge is 2.27. The molecule has 0 fully saturated rings. The van der Waals surface area contributed by atoms with Gasteiger partial charge in [0.2, 0.25) is 0 Å². The minimum absolute atomic E-state index is 0.0786. The van der Waals surface area contributed by atoms with Crippen molar-refractivity contribution < 1.29 is 18.3 Å². The van der Waals surface area contributed by atoms with Gasteiger partial charge in [-0.15, -0.1) is 11.3 Å². The molecule has 0 aliphatic heterocycles. The molecule has 2 rings (SSSR count). The van der Waals surface area contributed by atoms with E-state index >= 15 is 0 Å². The highest BCUT2D eigenvalue weighted by Crippen LogP contribution is 2.26. The molecule has 0 aliphatic rings. The Morgan fingerprint density at radius 2 is 1.95 bits per heavy atom. The molecule has 1 aromatic carbocycles. The fourth-order valence-electron chi connectivity index (χ4n) is 1.83. The summed E-state index contributed by atoms with van der Waals surface area (Å²) in [6.45, 7) is -0.669. The number of aliphatic carboxylic acids is 1. The van der Waals surface area contributed by atoms with Crippen molar-refractivity contribution in [1.82, 2.24) is 0 Å². The molecule has 1 N–H and O–H groups in total. The second kappa shape index (κ2) is 6.60. The van der Waals surface area contributed by atoms with Gasteiger partial charge in [-0.2, -0.15) is 5.26 Å². The van der Waals surface area contributed by atoms with Crippen molar-refractivity contribution in [2.75, 3.05) is 10.8 Å². The van der Waals surface area contributed by atoms with E-state index < -0.39 is 22.5 Å². The molecular weight excluding hydrogens is 324 g/mol. The summed E-state index contributed by atoms with van der Waals surface area (Å²) >= 11 is 1.03. The van der Waals surface area contributed by atoms with Crippen LogP contribution in [-0.4, -0.2) is 26.0 Å². The Morgan fingerprint density at radius 3 is 2.45 bits per heavy atom.